The summed E-state index contributed by atoms with van der Waals surface area (Å²) in [7, 11) is 0. The number of carbonyl (C=O) groups is 2. The lowest BCUT2D eigenvalue weighted by Crippen LogP contribution is -2.33. The smallest absolute Gasteiger partial charge is 0.302 e. The Hall–Kier alpha value is -1.18. The molecule has 0 N–H and O–H groups in total. The van der Waals surface area contributed by atoms with Crippen LogP contribution < -0.4 is 0 Å². The Morgan fingerprint density at radius 1 is 0.850 bits per heavy atom. The van der Waals surface area contributed by atoms with Crippen LogP contribution >= 0.6 is 0 Å². The lowest BCUT2D eigenvalue weighted by atomic mass is 10.2. The Labute approximate surface area is 119 Å². The van der Waals surface area contributed by atoms with Crippen LogP contribution in [0.3, 0.4) is 0 Å². The minimum Gasteiger partial charge on any atom is -0.463 e. The number of esters is 2. The summed E-state index contributed by atoms with van der Waals surface area (Å²) in [6.45, 7) is 7.81. The first-order valence-corrected chi connectivity index (χ1v) is 6.38. The molecule has 0 rings (SSSR count). The molecule has 0 aliphatic rings. The van der Waals surface area contributed by atoms with Gasteiger partial charge in [0.2, 0.25) is 0 Å². The van der Waals surface area contributed by atoms with Gasteiger partial charge in [-0.15, -0.1) is 0 Å². The fraction of sp³-hybridized carbons (Fsp3) is 0.846. The van der Waals surface area contributed by atoms with Gasteiger partial charge < -0.3 is 23.7 Å². The average molecular weight is 292 g/mol. The van der Waals surface area contributed by atoms with E-state index in [0.29, 0.717) is 0 Å². The average Bonchev–Trinajstić information content (AvgIpc) is 2.27. The van der Waals surface area contributed by atoms with Crippen molar-refractivity contribution in [3.8, 4) is 0 Å². The number of carbonyl (C=O) groups excluding carboxylic acids is 2. The first-order chi connectivity index (χ1) is 9.20. The Morgan fingerprint density at radius 2 is 1.25 bits per heavy atom. The van der Waals surface area contributed by atoms with Crippen molar-refractivity contribution in [3.05, 3.63) is 0 Å². The van der Waals surface area contributed by atoms with E-state index in [-0.39, 0.29) is 38.4 Å². The molecule has 0 aromatic rings. The van der Waals surface area contributed by atoms with Gasteiger partial charge in [-0.3, -0.25) is 9.59 Å². The number of ether oxygens (including phenoxy) is 5. The van der Waals surface area contributed by atoms with Crippen LogP contribution in [0.1, 0.15) is 34.6 Å². The lowest BCUT2D eigenvalue weighted by Gasteiger charge is -2.27. The summed E-state index contributed by atoms with van der Waals surface area (Å²) in [5.74, 6) is -0.754. The van der Waals surface area contributed by atoms with Crippen molar-refractivity contribution >= 4 is 11.9 Å². The standard InChI is InChI=1S/C13H24O7/c1-10(14)16-6-8-18-12(20-13(3,4)5)19-9-7-17-11(2)15/h12H,6-9H2,1-5H3. The van der Waals surface area contributed by atoms with Crippen LogP contribution in [0.15, 0.2) is 0 Å². The highest BCUT2D eigenvalue weighted by Gasteiger charge is 2.20. The zero-order valence-electron chi connectivity index (χ0n) is 12.8. The van der Waals surface area contributed by atoms with Crippen LogP contribution in [0.5, 0.6) is 0 Å². The third-order valence-electron chi connectivity index (χ3n) is 1.73. The van der Waals surface area contributed by atoms with E-state index in [1.54, 1.807) is 0 Å². The SMILES string of the molecule is CC(=O)OCCOC(OCCOC(C)=O)OC(C)(C)C. The molecular weight excluding hydrogens is 268 g/mol. The third kappa shape index (κ3) is 13.3. The summed E-state index contributed by atoms with van der Waals surface area (Å²) < 4.78 is 25.6. The van der Waals surface area contributed by atoms with Crippen LogP contribution in [0.25, 0.3) is 0 Å². The number of hydrogen-bond acceptors (Lipinski definition) is 7. The summed E-state index contributed by atoms with van der Waals surface area (Å²) in [6.07, 6.45) is 0. The molecular formula is C13H24O7. The summed E-state index contributed by atoms with van der Waals surface area (Å²) in [5, 5.41) is 0. The van der Waals surface area contributed by atoms with Crippen molar-refractivity contribution in [1.82, 2.24) is 0 Å². The Morgan fingerprint density at radius 3 is 1.55 bits per heavy atom. The van der Waals surface area contributed by atoms with Crippen molar-refractivity contribution in [2.75, 3.05) is 26.4 Å². The Kier molecular flexibility index (Phi) is 9.11. The molecule has 0 saturated heterocycles. The van der Waals surface area contributed by atoms with Crippen molar-refractivity contribution in [2.24, 2.45) is 0 Å². The van der Waals surface area contributed by atoms with E-state index >= 15 is 0 Å². The summed E-state index contributed by atoms with van der Waals surface area (Å²) in [4.78, 5) is 21.2. The molecule has 20 heavy (non-hydrogen) atoms. The van der Waals surface area contributed by atoms with Crippen LogP contribution in [0, 0.1) is 0 Å². The molecule has 0 aromatic carbocycles. The van der Waals surface area contributed by atoms with Crippen molar-refractivity contribution in [1.29, 1.82) is 0 Å². The van der Waals surface area contributed by atoms with Crippen LogP contribution in [-0.2, 0) is 33.3 Å². The minimum atomic E-state index is -0.916. The molecule has 0 heterocycles. The molecule has 0 atom stereocenters. The predicted molar refractivity (Wildman–Crippen MR) is 69.8 cm³/mol. The van der Waals surface area contributed by atoms with Crippen LogP contribution in [0.4, 0.5) is 0 Å². The molecule has 0 bridgehead atoms. The van der Waals surface area contributed by atoms with Gasteiger partial charge in [0, 0.05) is 13.8 Å². The Bertz CT molecular complexity index is 274. The second kappa shape index (κ2) is 9.68. The molecule has 7 heteroatoms. The maximum Gasteiger partial charge on any atom is 0.302 e. The summed E-state index contributed by atoms with van der Waals surface area (Å²) in [5.41, 5.74) is -0.465. The fourth-order valence-electron chi connectivity index (χ4n) is 1.06. The van der Waals surface area contributed by atoms with Gasteiger partial charge >= 0.3 is 11.9 Å². The molecule has 0 fully saturated rings. The first-order valence-electron chi connectivity index (χ1n) is 6.38. The van der Waals surface area contributed by atoms with E-state index in [2.05, 4.69) is 0 Å². The zero-order valence-corrected chi connectivity index (χ0v) is 12.8. The minimum absolute atomic E-state index is 0.118. The van der Waals surface area contributed by atoms with E-state index in [9.17, 15) is 9.59 Å². The molecule has 0 radical (unpaired) electrons. The van der Waals surface area contributed by atoms with Gasteiger partial charge in [0.1, 0.15) is 13.2 Å². The second-order valence-corrected chi connectivity index (χ2v) is 4.94. The topological polar surface area (TPSA) is 80.3 Å². The highest BCUT2D eigenvalue weighted by molar-refractivity contribution is 5.66. The van der Waals surface area contributed by atoms with E-state index in [4.69, 9.17) is 23.7 Å². The van der Waals surface area contributed by atoms with Crippen LogP contribution in [0.2, 0.25) is 0 Å². The molecule has 0 aliphatic heterocycles. The molecule has 0 aliphatic carbocycles. The van der Waals surface area contributed by atoms with Gasteiger partial charge in [-0.05, 0) is 20.8 Å². The van der Waals surface area contributed by atoms with E-state index in [1.807, 2.05) is 20.8 Å². The van der Waals surface area contributed by atoms with Gasteiger partial charge in [0.05, 0.1) is 18.8 Å². The zero-order chi connectivity index (χ0) is 15.6. The maximum atomic E-state index is 10.6. The maximum absolute atomic E-state index is 10.6. The molecule has 0 saturated carbocycles. The van der Waals surface area contributed by atoms with Crippen molar-refractivity contribution < 1.29 is 33.3 Å². The molecule has 0 unspecified atom stereocenters. The van der Waals surface area contributed by atoms with Gasteiger partial charge in [-0.2, -0.15) is 0 Å². The van der Waals surface area contributed by atoms with E-state index in [1.165, 1.54) is 13.8 Å². The lowest BCUT2D eigenvalue weighted by molar-refractivity contribution is -0.322. The fourth-order valence-corrected chi connectivity index (χ4v) is 1.06. The normalized spacial score (nSPS) is 11.5. The molecule has 0 amide bonds. The van der Waals surface area contributed by atoms with Crippen molar-refractivity contribution in [3.63, 3.8) is 0 Å². The largest absolute Gasteiger partial charge is 0.463 e. The Balaban J connectivity index is 4.00. The predicted octanol–water partition coefficient (Wildman–Crippen LogP) is 1.24. The summed E-state index contributed by atoms with van der Waals surface area (Å²) >= 11 is 0. The van der Waals surface area contributed by atoms with Gasteiger partial charge in [-0.1, -0.05) is 0 Å². The first kappa shape index (κ1) is 18.8. The second-order valence-electron chi connectivity index (χ2n) is 4.94. The van der Waals surface area contributed by atoms with Crippen molar-refractivity contribution in [2.45, 2.75) is 46.7 Å². The van der Waals surface area contributed by atoms with Crippen LogP contribution in [-0.4, -0.2) is 50.4 Å². The number of rotatable bonds is 9. The monoisotopic (exact) mass is 292 g/mol. The van der Waals surface area contributed by atoms with Gasteiger partial charge in [-0.25, -0.2) is 0 Å². The third-order valence-corrected chi connectivity index (χ3v) is 1.73. The molecule has 0 aromatic heterocycles. The van der Waals surface area contributed by atoms with Gasteiger partial charge in [0.15, 0.2) is 0 Å². The molecule has 7 nitrogen and oxygen atoms in total. The number of hydrogen-bond donors (Lipinski definition) is 0. The highest BCUT2D eigenvalue weighted by Crippen LogP contribution is 2.12. The van der Waals surface area contributed by atoms with Gasteiger partial charge in [0.25, 0.3) is 6.48 Å². The van der Waals surface area contributed by atoms with E-state index in [0.717, 1.165) is 0 Å². The quantitative estimate of drug-likeness (QED) is 0.359. The molecule has 118 valence electrons. The van der Waals surface area contributed by atoms with E-state index < -0.39 is 12.1 Å². The molecule has 0 spiro atoms. The summed E-state index contributed by atoms with van der Waals surface area (Å²) in [6, 6.07) is 0. The highest BCUT2D eigenvalue weighted by atomic mass is 16.9.